The summed E-state index contributed by atoms with van der Waals surface area (Å²) in [5.74, 6) is 3.66. The molecule has 1 aliphatic rings. The first kappa shape index (κ1) is 19.5. The predicted octanol–water partition coefficient (Wildman–Crippen LogP) is 1.89. The lowest BCUT2D eigenvalue weighted by molar-refractivity contribution is 0.322. The zero-order valence-electron chi connectivity index (χ0n) is 14.7. The molecule has 0 saturated heterocycles. The number of hydrogen-bond acceptors (Lipinski definition) is 4. The van der Waals surface area contributed by atoms with Gasteiger partial charge in [0, 0.05) is 20.0 Å². The van der Waals surface area contributed by atoms with Gasteiger partial charge >= 0.3 is 0 Å². The van der Waals surface area contributed by atoms with Gasteiger partial charge in [-0.05, 0) is 25.5 Å². The third-order valence-electron chi connectivity index (χ3n) is 4.01. The molecule has 1 aliphatic heterocycles. The Hall–Kier alpha value is -1.84. The van der Waals surface area contributed by atoms with Gasteiger partial charge in [-0.3, -0.25) is 4.99 Å². The molecule has 136 valence electrons. The van der Waals surface area contributed by atoms with Crippen molar-refractivity contribution in [3.05, 3.63) is 41.5 Å². The van der Waals surface area contributed by atoms with Gasteiger partial charge in [-0.1, -0.05) is 17.7 Å². The highest BCUT2D eigenvalue weighted by molar-refractivity contribution is 14.0. The number of aromatic nitrogens is 3. The number of nitrogens with zero attached hydrogens (tertiary/aromatic N) is 4. The van der Waals surface area contributed by atoms with Crippen molar-refractivity contribution in [2.45, 2.75) is 32.9 Å². The average Bonchev–Trinajstić information content (AvgIpc) is 3.20. The van der Waals surface area contributed by atoms with Gasteiger partial charge in [-0.15, -0.1) is 34.2 Å². The van der Waals surface area contributed by atoms with Crippen molar-refractivity contribution in [1.82, 2.24) is 25.4 Å². The standard InChI is InChI=1S/C17H24N6O.HI/c1-13-5-7-14(8-6-13)24-11-9-19-17(18-2)20-12-16-22-21-15-4-3-10-23(15)16;/h5-8H,3-4,9-12H2,1-2H3,(H2,18,19,20);1H. The van der Waals surface area contributed by atoms with Crippen molar-refractivity contribution in [2.75, 3.05) is 20.2 Å². The molecule has 0 atom stereocenters. The van der Waals surface area contributed by atoms with Crippen LogP contribution in [-0.4, -0.2) is 40.9 Å². The minimum atomic E-state index is 0. The second kappa shape index (κ2) is 9.59. The molecule has 0 spiro atoms. The molecule has 0 fully saturated rings. The fourth-order valence-electron chi connectivity index (χ4n) is 2.70. The summed E-state index contributed by atoms with van der Waals surface area (Å²) in [6.45, 7) is 4.93. The maximum absolute atomic E-state index is 5.70. The van der Waals surface area contributed by atoms with E-state index in [1.54, 1.807) is 7.05 Å². The van der Waals surface area contributed by atoms with E-state index in [1.165, 1.54) is 5.56 Å². The molecule has 0 saturated carbocycles. The zero-order valence-corrected chi connectivity index (χ0v) is 17.0. The molecular formula is C17H25IN6O. The highest BCUT2D eigenvalue weighted by Crippen LogP contribution is 2.13. The van der Waals surface area contributed by atoms with Crippen LogP contribution in [0.15, 0.2) is 29.3 Å². The summed E-state index contributed by atoms with van der Waals surface area (Å²) in [6.07, 6.45) is 2.18. The minimum Gasteiger partial charge on any atom is -0.492 e. The molecule has 1 aromatic heterocycles. The highest BCUT2D eigenvalue weighted by Gasteiger charge is 2.16. The molecule has 2 heterocycles. The van der Waals surface area contributed by atoms with Crippen LogP contribution in [0.2, 0.25) is 0 Å². The number of aryl methyl sites for hydroxylation is 2. The van der Waals surface area contributed by atoms with E-state index < -0.39 is 0 Å². The predicted molar refractivity (Wildman–Crippen MR) is 109 cm³/mol. The second-order valence-corrected chi connectivity index (χ2v) is 5.80. The van der Waals surface area contributed by atoms with Crippen LogP contribution in [0.3, 0.4) is 0 Å². The molecule has 0 aliphatic carbocycles. The van der Waals surface area contributed by atoms with E-state index in [0.29, 0.717) is 19.7 Å². The molecule has 0 bridgehead atoms. The third-order valence-corrected chi connectivity index (χ3v) is 4.01. The van der Waals surface area contributed by atoms with Crippen LogP contribution < -0.4 is 15.4 Å². The number of benzene rings is 1. The van der Waals surface area contributed by atoms with Crippen LogP contribution >= 0.6 is 24.0 Å². The Morgan fingerprint density at radius 2 is 2.04 bits per heavy atom. The van der Waals surface area contributed by atoms with E-state index in [0.717, 1.165) is 42.7 Å². The van der Waals surface area contributed by atoms with Crippen LogP contribution in [0.4, 0.5) is 0 Å². The van der Waals surface area contributed by atoms with Crippen LogP contribution in [0, 0.1) is 6.92 Å². The van der Waals surface area contributed by atoms with Crippen LogP contribution in [-0.2, 0) is 19.5 Å². The van der Waals surface area contributed by atoms with Crippen molar-refractivity contribution in [3.63, 3.8) is 0 Å². The number of aliphatic imine (C=N–C) groups is 1. The monoisotopic (exact) mass is 456 g/mol. The van der Waals surface area contributed by atoms with Gasteiger partial charge in [-0.2, -0.15) is 0 Å². The first-order valence-corrected chi connectivity index (χ1v) is 8.31. The Balaban J connectivity index is 0.00000225. The summed E-state index contributed by atoms with van der Waals surface area (Å²) < 4.78 is 7.88. The first-order chi connectivity index (χ1) is 11.8. The van der Waals surface area contributed by atoms with E-state index >= 15 is 0 Å². The molecule has 1 aromatic carbocycles. The van der Waals surface area contributed by atoms with E-state index in [9.17, 15) is 0 Å². The lowest BCUT2D eigenvalue weighted by atomic mass is 10.2. The van der Waals surface area contributed by atoms with Gasteiger partial charge in [-0.25, -0.2) is 0 Å². The Morgan fingerprint density at radius 1 is 1.24 bits per heavy atom. The maximum atomic E-state index is 5.70. The number of halogens is 1. The molecule has 0 unspecified atom stereocenters. The summed E-state index contributed by atoms with van der Waals surface area (Å²) in [4.78, 5) is 4.22. The van der Waals surface area contributed by atoms with E-state index in [2.05, 4.69) is 37.3 Å². The molecule has 0 amide bonds. The number of fused-ring (bicyclic) bond motifs is 1. The Labute approximate surface area is 165 Å². The molecule has 3 rings (SSSR count). The minimum absolute atomic E-state index is 0. The Kier molecular flexibility index (Phi) is 7.48. The average molecular weight is 456 g/mol. The topological polar surface area (TPSA) is 76.4 Å². The van der Waals surface area contributed by atoms with Gasteiger partial charge in [0.15, 0.2) is 11.8 Å². The zero-order chi connectivity index (χ0) is 16.8. The van der Waals surface area contributed by atoms with Gasteiger partial charge in [0.2, 0.25) is 0 Å². The normalized spacial score (nSPS) is 13.1. The number of guanidine groups is 1. The van der Waals surface area contributed by atoms with E-state index in [4.69, 9.17) is 4.74 Å². The Bertz CT molecular complexity index is 698. The van der Waals surface area contributed by atoms with Crippen molar-refractivity contribution < 1.29 is 4.74 Å². The third kappa shape index (κ3) is 5.32. The summed E-state index contributed by atoms with van der Waals surface area (Å²) in [6, 6.07) is 8.04. The molecule has 2 aromatic rings. The van der Waals surface area contributed by atoms with Crippen molar-refractivity contribution in [2.24, 2.45) is 4.99 Å². The molecule has 7 nitrogen and oxygen atoms in total. The first-order valence-electron chi connectivity index (χ1n) is 8.31. The quantitative estimate of drug-likeness (QED) is 0.301. The van der Waals surface area contributed by atoms with Crippen molar-refractivity contribution in [1.29, 1.82) is 0 Å². The van der Waals surface area contributed by atoms with Crippen LogP contribution in [0.5, 0.6) is 5.75 Å². The Morgan fingerprint density at radius 3 is 2.80 bits per heavy atom. The molecular weight excluding hydrogens is 431 g/mol. The molecule has 2 N–H and O–H groups in total. The second-order valence-electron chi connectivity index (χ2n) is 5.80. The number of ether oxygens (including phenoxy) is 1. The fourth-order valence-corrected chi connectivity index (χ4v) is 2.70. The van der Waals surface area contributed by atoms with Crippen molar-refractivity contribution >= 4 is 29.9 Å². The van der Waals surface area contributed by atoms with Gasteiger partial charge in [0.05, 0.1) is 13.1 Å². The van der Waals surface area contributed by atoms with Crippen LogP contribution in [0.1, 0.15) is 23.6 Å². The summed E-state index contributed by atoms with van der Waals surface area (Å²) in [7, 11) is 1.75. The SMILES string of the molecule is CN=C(NCCOc1ccc(C)cc1)NCc1nnc2n1CCC2.I. The van der Waals surface area contributed by atoms with Crippen molar-refractivity contribution in [3.8, 4) is 5.75 Å². The maximum Gasteiger partial charge on any atom is 0.191 e. The van der Waals surface area contributed by atoms with Gasteiger partial charge < -0.3 is 19.9 Å². The largest absolute Gasteiger partial charge is 0.492 e. The molecule has 8 heteroatoms. The fraction of sp³-hybridized carbons (Fsp3) is 0.471. The summed E-state index contributed by atoms with van der Waals surface area (Å²) in [5, 5.41) is 14.9. The summed E-state index contributed by atoms with van der Waals surface area (Å²) in [5.41, 5.74) is 1.23. The number of nitrogens with one attached hydrogen (secondary N) is 2. The van der Waals surface area contributed by atoms with Gasteiger partial charge in [0.25, 0.3) is 0 Å². The van der Waals surface area contributed by atoms with Crippen LogP contribution in [0.25, 0.3) is 0 Å². The lowest BCUT2D eigenvalue weighted by Crippen LogP contribution is -2.39. The van der Waals surface area contributed by atoms with E-state index in [-0.39, 0.29) is 24.0 Å². The number of hydrogen-bond donors (Lipinski definition) is 2. The summed E-state index contributed by atoms with van der Waals surface area (Å²) >= 11 is 0. The highest BCUT2D eigenvalue weighted by atomic mass is 127. The molecule has 25 heavy (non-hydrogen) atoms. The lowest BCUT2D eigenvalue weighted by Gasteiger charge is -2.12. The van der Waals surface area contributed by atoms with E-state index in [1.807, 2.05) is 24.3 Å². The smallest absolute Gasteiger partial charge is 0.191 e. The number of rotatable bonds is 6. The molecule has 0 radical (unpaired) electrons. The van der Waals surface area contributed by atoms with Gasteiger partial charge in [0.1, 0.15) is 18.2 Å².